The number of halogens is 1. The second-order valence-corrected chi connectivity index (χ2v) is 5.22. The molecule has 0 bridgehead atoms. The zero-order valence-electron chi connectivity index (χ0n) is 12.9. The third-order valence-electron chi connectivity index (χ3n) is 3.47. The van der Waals surface area contributed by atoms with E-state index in [1.54, 1.807) is 12.1 Å². The highest BCUT2D eigenvalue weighted by atomic mass is 35.5. The van der Waals surface area contributed by atoms with Gasteiger partial charge >= 0.3 is 0 Å². The molecular formula is C16H22ClNO3. The number of benzene rings is 1. The predicted molar refractivity (Wildman–Crippen MR) is 87.5 cm³/mol. The monoisotopic (exact) mass is 311 g/mol. The standard InChI is InChI=1S/C16H21NO3.ClH/c1-5-10-14(6-2)20-16-11(15(10)19)7-8-13(18)12(16)9-17(3)4;/h7-8,18H,5-6,9H2,1-4H3;1H. The summed E-state index contributed by atoms with van der Waals surface area (Å²) in [4.78, 5) is 14.5. The molecule has 0 radical (unpaired) electrons. The van der Waals surface area contributed by atoms with Crippen LogP contribution in [0.1, 0.15) is 30.7 Å². The Balaban J connectivity index is 0.00000220. The lowest BCUT2D eigenvalue weighted by Gasteiger charge is -2.14. The SMILES string of the molecule is CCc1oc2c(CN(C)C)c(O)ccc2c(=O)c1CC.Cl. The van der Waals surface area contributed by atoms with E-state index in [2.05, 4.69) is 0 Å². The lowest BCUT2D eigenvalue weighted by molar-refractivity contribution is 0.383. The average molecular weight is 312 g/mol. The number of hydrogen-bond donors (Lipinski definition) is 1. The Morgan fingerprint density at radius 3 is 2.33 bits per heavy atom. The smallest absolute Gasteiger partial charge is 0.196 e. The van der Waals surface area contributed by atoms with Crippen molar-refractivity contribution in [1.82, 2.24) is 4.90 Å². The Kier molecular flexibility index (Phi) is 5.81. The average Bonchev–Trinajstić information content (AvgIpc) is 2.41. The van der Waals surface area contributed by atoms with Crippen molar-refractivity contribution in [2.45, 2.75) is 33.2 Å². The van der Waals surface area contributed by atoms with Crippen molar-refractivity contribution >= 4 is 23.4 Å². The van der Waals surface area contributed by atoms with Crippen LogP contribution in [0.2, 0.25) is 0 Å². The van der Waals surface area contributed by atoms with E-state index in [-0.39, 0.29) is 23.6 Å². The van der Waals surface area contributed by atoms with Crippen LogP contribution in [-0.2, 0) is 19.4 Å². The molecule has 0 aliphatic heterocycles. The number of rotatable bonds is 4. The van der Waals surface area contributed by atoms with Crippen molar-refractivity contribution in [3.8, 4) is 5.75 Å². The summed E-state index contributed by atoms with van der Waals surface area (Å²) >= 11 is 0. The summed E-state index contributed by atoms with van der Waals surface area (Å²) in [5.74, 6) is 0.885. The Hall–Kier alpha value is -1.52. The lowest BCUT2D eigenvalue weighted by Crippen LogP contribution is -2.15. The number of hydrogen-bond acceptors (Lipinski definition) is 4. The van der Waals surface area contributed by atoms with Crippen molar-refractivity contribution in [3.05, 3.63) is 39.2 Å². The van der Waals surface area contributed by atoms with Crippen molar-refractivity contribution in [2.75, 3.05) is 14.1 Å². The third kappa shape index (κ3) is 3.22. The summed E-state index contributed by atoms with van der Waals surface area (Å²) in [6.45, 7) is 4.46. The van der Waals surface area contributed by atoms with Crippen LogP contribution in [0.25, 0.3) is 11.0 Å². The van der Waals surface area contributed by atoms with Gasteiger partial charge in [0.1, 0.15) is 17.1 Å². The maximum atomic E-state index is 12.5. The molecule has 1 aromatic heterocycles. The van der Waals surface area contributed by atoms with E-state index < -0.39 is 0 Å². The quantitative estimate of drug-likeness (QED) is 0.942. The summed E-state index contributed by atoms with van der Waals surface area (Å²) in [7, 11) is 3.83. The summed E-state index contributed by atoms with van der Waals surface area (Å²) in [6.07, 6.45) is 1.33. The maximum absolute atomic E-state index is 12.5. The summed E-state index contributed by atoms with van der Waals surface area (Å²) < 4.78 is 5.94. The van der Waals surface area contributed by atoms with Crippen LogP contribution in [0.3, 0.4) is 0 Å². The van der Waals surface area contributed by atoms with Gasteiger partial charge in [-0.3, -0.25) is 4.79 Å². The molecule has 0 amide bonds. The van der Waals surface area contributed by atoms with E-state index in [1.165, 1.54) is 0 Å². The number of aryl methyl sites for hydroxylation is 1. The molecule has 0 aliphatic rings. The van der Waals surface area contributed by atoms with E-state index in [0.29, 0.717) is 35.9 Å². The Morgan fingerprint density at radius 2 is 1.81 bits per heavy atom. The summed E-state index contributed by atoms with van der Waals surface area (Å²) in [5.41, 5.74) is 1.94. The first kappa shape index (κ1) is 17.5. The van der Waals surface area contributed by atoms with Gasteiger partial charge in [-0.2, -0.15) is 0 Å². The maximum Gasteiger partial charge on any atom is 0.196 e. The molecule has 2 aromatic rings. The van der Waals surface area contributed by atoms with Crippen LogP contribution < -0.4 is 5.43 Å². The minimum atomic E-state index is 0. The fraction of sp³-hybridized carbons (Fsp3) is 0.438. The number of nitrogens with zero attached hydrogens (tertiary/aromatic N) is 1. The van der Waals surface area contributed by atoms with Crippen LogP contribution in [0.4, 0.5) is 0 Å². The Bertz CT molecular complexity index is 692. The predicted octanol–water partition coefficient (Wildman–Crippen LogP) is 3.11. The molecule has 1 aromatic carbocycles. The van der Waals surface area contributed by atoms with Crippen LogP contribution in [0.15, 0.2) is 21.3 Å². The van der Waals surface area contributed by atoms with E-state index in [0.717, 1.165) is 11.3 Å². The van der Waals surface area contributed by atoms with Gasteiger partial charge in [0, 0.05) is 18.5 Å². The van der Waals surface area contributed by atoms with Gasteiger partial charge in [-0.25, -0.2) is 0 Å². The first-order chi connectivity index (χ1) is 9.49. The van der Waals surface area contributed by atoms with E-state index in [9.17, 15) is 9.90 Å². The molecule has 0 saturated carbocycles. The molecular weight excluding hydrogens is 290 g/mol. The normalized spacial score (nSPS) is 10.9. The van der Waals surface area contributed by atoms with Gasteiger partial charge in [0.25, 0.3) is 0 Å². The van der Waals surface area contributed by atoms with Crippen molar-refractivity contribution in [3.63, 3.8) is 0 Å². The Labute approximate surface area is 130 Å². The van der Waals surface area contributed by atoms with Gasteiger partial charge in [0.15, 0.2) is 5.43 Å². The van der Waals surface area contributed by atoms with Gasteiger partial charge in [-0.1, -0.05) is 13.8 Å². The molecule has 0 atom stereocenters. The third-order valence-corrected chi connectivity index (χ3v) is 3.47. The first-order valence-electron chi connectivity index (χ1n) is 6.93. The molecule has 0 unspecified atom stereocenters. The molecule has 21 heavy (non-hydrogen) atoms. The fourth-order valence-corrected chi connectivity index (χ4v) is 2.50. The van der Waals surface area contributed by atoms with Crippen molar-refractivity contribution < 1.29 is 9.52 Å². The molecule has 1 heterocycles. The first-order valence-corrected chi connectivity index (χ1v) is 6.93. The second-order valence-electron chi connectivity index (χ2n) is 5.22. The number of fused-ring (bicyclic) bond motifs is 1. The van der Waals surface area contributed by atoms with Gasteiger partial charge in [0.2, 0.25) is 0 Å². The van der Waals surface area contributed by atoms with Crippen molar-refractivity contribution in [2.24, 2.45) is 0 Å². The number of phenols is 1. The molecule has 0 aliphatic carbocycles. The molecule has 0 spiro atoms. The van der Waals surface area contributed by atoms with Crippen LogP contribution in [-0.4, -0.2) is 24.1 Å². The highest BCUT2D eigenvalue weighted by Crippen LogP contribution is 2.28. The van der Waals surface area contributed by atoms with Crippen LogP contribution in [0.5, 0.6) is 5.75 Å². The minimum Gasteiger partial charge on any atom is -0.507 e. The minimum absolute atomic E-state index is 0. The number of aromatic hydroxyl groups is 1. The summed E-state index contributed by atoms with van der Waals surface area (Å²) in [6, 6.07) is 3.22. The van der Waals surface area contributed by atoms with E-state index >= 15 is 0 Å². The highest BCUT2D eigenvalue weighted by Gasteiger charge is 2.17. The topological polar surface area (TPSA) is 53.7 Å². The molecule has 0 fully saturated rings. The molecule has 116 valence electrons. The molecule has 5 heteroatoms. The fourth-order valence-electron chi connectivity index (χ4n) is 2.50. The summed E-state index contributed by atoms with van der Waals surface area (Å²) in [5, 5.41) is 10.6. The molecule has 1 N–H and O–H groups in total. The second kappa shape index (κ2) is 6.96. The highest BCUT2D eigenvalue weighted by molar-refractivity contribution is 5.85. The van der Waals surface area contributed by atoms with Gasteiger partial charge in [-0.15, -0.1) is 12.4 Å². The van der Waals surface area contributed by atoms with Crippen LogP contribution in [0, 0.1) is 0 Å². The number of phenolic OH excluding ortho intramolecular Hbond substituents is 1. The van der Waals surface area contributed by atoms with Crippen LogP contribution >= 0.6 is 12.4 Å². The molecule has 4 nitrogen and oxygen atoms in total. The Morgan fingerprint density at radius 1 is 1.14 bits per heavy atom. The van der Waals surface area contributed by atoms with Gasteiger partial charge in [0.05, 0.1) is 10.9 Å². The van der Waals surface area contributed by atoms with E-state index in [1.807, 2.05) is 32.8 Å². The molecule has 2 rings (SSSR count). The van der Waals surface area contributed by atoms with E-state index in [4.69, 9.17) is 4.42 Å². The van der Waals surface area contributed by atoms with Gasteiger partial charge < -0.3 is 14.4 Å². The molecule has 0 saturated heterocycles. The zero-order valence-corrected chi connectivity index (χ0v) is 13.7. The lowest BCUT2D eigenvalue weighted by atomic mass is 10.0. The van der Waals surface area contributed by atoms with Gasteiger partial charge in [-0.05, 0) is 32.6 Å². The van der Waals surface area contributed by atoms with Crippen molar-refractivity contribution in [1.29, 1.82) is 0 Å². The largest absolute Gasteiger partial charge is 0.507 e. The zero-order chi connectivity index (χ0) is 14.9.